The molecule has 0 saturated heterocycles. The Kier molecular flexibility index (Phi) is 9.15. The minimum atomic E-state index is -1.07. The highest BCUT2D eigenvalue weighted by Crippen LogP contribution is 2.29. The Balaban J connectivity index is 3.24. The van der Waals surface area contributed by atoms with Crippen LogP contribution >= 0.6 is 0 Å². The van der Waals surface area contributed by atoms with Gasteiger partial charge in [0.2, 0.25) is 0 Å². The molecule has 0 spiro atoms. The molecule has 158 valence electrons. The summed E-state index contributed by atoms with van der Waals surface area (Å²) in [5.74, 6) is -2.98. The van der Waals surface area contributed by atoms with E-state index in [-0.39, 0.29) is 23.8 Å². The Morgan fingerprint density at radius 3 is 2.00 bits per heavy atom. The number of carbonyl (C=O) groups excluding carboxylic acids is 4. The topological polar surface area (TPSA) is 105 Å². The number of methoxy groups -OCH3 is 1. The third-order valence-corrected chi connectivity index (χ3v) is 4.78. The molecule has 0 aromatic rings. The van der Waals surface area contributed by atoms with Crippen molar-refractivity contribution in [3.63, 3.8) is 0 Å². The van der Waals surface area contributed by atoms with Crippen LogP contribution in [0.5, 0.6) is 0 Å². The van der Waals surface area contributed by atoms with Gasteiger partial charge in [-0.25, -0.2) is 4.79 Å². The Bertz CT molecular complexity index is 624. The molecule has 0 aromatic carbocycles. The van der Waals surface area contributed by atoms with Gasteiger partial charge >= 0.3 is 23.9 Å². The average Bonchev–Trinajstić information content (AvgIpc) is 2.67. The van der Waals surface area contributed by atoms with Crippen molar-refractivity contribution in [1.82, 2.24) is 0 Å². The summed E-state index contributed by atoms with van der Waals surface area (Å²) in [7, 11) is 1.22. The van der Waals surface area contributed by atoms with Gasteiger partial charge in [-0.1, -0.05) is 27.7 Å². The van der Waals surface area contributed by atoms with Crippen LogP contribution in [-0.2, 0) is 38.1 Å². The number of rotatable bonds is 8. The molecule has 8 nitrogen and oxygen atoms in total. The van der Waals surface area contributed by atoms with Crippen molar-refractivity contribution in [1.29, 1.82) is 0 Å². The molecule has 28 heavy (non-hydrogen) atoms. The molecule has 0 saturated carbocycles. The maximum Gasteiger partial charge on any atom is 0.333 e. The minimum Gasteiger partial charge on any atom is -0.466 e. The van der Waals surface area contributed by atoms with E-state index in [1.807, 2.05) is 13.8 Å². The second-order valence-electron chi connectivity index (χ2n) is 6.96. The minimum absolute atomic E-state index is 0.00886. The third kappa shape index (κ3) is 6.35. The number of hydrogen-bond acceptors (Lipinski definition) is 8. The van der Waals surface area contributed by atoms with Crippen LogP contribution in [0, 0.1) is 11.8 Å². The lowest BCUT2D eigenvalue weighted by atomic mass is 9.91. The molecule has 0 amide bonds. The van der Waals surface area contributed by atoms with Crippen molar-refractivity contribution in [2.45, 2.75) is 72.2 Å². The Morgan fingerprint density at radius 1 is 1.00 bits per heavy atom. The van der Waals surface area contributed by atoms with Crippen molar-refractivity contribution in [3.05, 3.63) is 11.6 Å². The molecular weight excluding hydrogens is 368 g/mol. The standard InChI is InChI=1S/C20H30O8/c1-7-11(3)18(22)27-16-10-14(20(24)25-6)9-15(26-13(5)21)17(16)28-19(23)12(4)8-2/h9,11-12,15-17H,7-8,10H2,1-6H3/t11-,12-,15-,16-,17-/m1/s1. The molecule has 0 unspecified atom stereocenters. The molecule has 0 N–H and O–H groups in total. The maximum absolute atomic E-state index is 12.4. The summed E-state index contributed by atoms with van der Waals surface area (Å²) in [6.07, 6.45) is -0.589. The highest BCUT2D eigenvalue weighted by Gasteiger charge is 2.43. The first-order valence-electron chi connectivity index (χ1n) is 9.51. The SMILES string of the molecule is CC[C@@H](C)C(=O)O[C@@H]1[C@H](OC(C)=O)C=C(C(=O)OC)C[C@H]1OC(=O)[C@H](C)CC. The maximum atomic E-state index is 12.4. The van der Waals surface area contributed by atoms with Gasteiger partial charge in [-0.05, 0) is 18.9 Å². The van der Waals surface area contributed by atoms with Crippen LogP contribution in [0.3, 0.4) is 0 Å². The van der Waals surface area contributed by atoms with Crippen LogP contribution in [0.25, 0.3) is 0 Å². The lowest BCUT2D eigenvalue weighted by Crippen LogP contribution is -2.49. The monoisotopic (exact) mass is 398 g/mol. The molecule has 0 fully saturated rings. The first-order chi connectivity index (χ1) is 13.1. The smallest absolute Gasteiger partial charge is 0.333 e. The van der Waals surface area contributed by atoms with Crippen LogP contribution in [0.15, 0.2) is 11.6 Å². The predicted octanol–water partition coefficient (Wildman–Crippen LogP) is 2.34. The molecule has 0 heterocycles. The highest BCUT2D eigenvalue weighted by molar-refractivity contribution is 5.89. The van der Waals surface area contributed by atoms with Crippen molar-refractivity contribution >= 4 is 23.9 Å². The average molecular weight is 398 g/mol. The normalized spacial score (nSPS) is 23.6. The van der Waals surface area contributed by atoms with E-state index in [0.717, 1.165) is 0 Å². The highest BCUT2D eigenvalue weighted by atomic mass is 16.6. The van der Waals surface area contributed by atoms with Crippen molar-refractivity contribution in [2.24, 2.45) is 11.8 Å². The van der Waals surface area contributed by atoms with E-state index in [0.29, 0.717) is 12.8 Å². The molecule has 0 radical (unpaired) electrons. The first kappa shape index (κ1) is 23.7. The molecule has 0 bridgehead atoms. The second kappa shape index (κ2) is 10.8. The van der Waals surface area contributed by atoms with E-state index < -0.39 is 42.2 Å². The van der Waals surface area contributed by atoms with Crippen molar-refractivity contribution in [3.8, 4) is 0 Å². The van der Waals surface area contributed by atoms with E-state index in [2.05, 4.69) is 0 Å². The molecule has 0 aromatic heterocycles. The fourth-order valence-corrected chi connectivity index (χ4v) is 2.58. The Morgan fingerprint density at radius 2 is 1.54 bits per heavy atom. The first-order valence-corrected chi connectivity index (χ1v) is 9.51. The third-order valence-electron chi connectivity index (χ3n) is 4.78. The fraction of sp³-hybridized carbons (Fsp3) is 0.700. The number of ether oxygens (including phenoxy) is 4. The van der Waals surface area contributed by atoms with Gasteiger partial charge in [-0.15, -0.1) is 0 Å². The summed E-state index contributed by atoms with van der Waals surface area (Å²) in [5.41, 5.74) is 0.187. The molecule has 1 aliphatic rings. The second-order valence-corrected chi connectivity index (χ2v) is 6.96. The van der Waals surface area contributed by atoms with E-state index in [9.17, 15) is 19.2 Å². The summed E-state index contributed by atoms with van der Waals surface area (Å²) in [5, 5.41) is 0. The van der Waals surface area contributed by atoms with Gasteiger partial charge in [0.1, 0.15) is 6.10 Å². The van der Waals surface area contributed by atoms with Crippen LogP contribution in [0.2, 0.25) is 0 Å². The van der Waals surface area contributed by atoms with E-state index >= 15 is 0 Å². The van der Waals surface area contributed by atoms with Crippen LogP contribution in [0.1, 0.15) is 53.9 Å². The summed E-state index contributed by atoms with van der Waals surface area (Å²) in [6, 6.07) is 0. The summed E-state index contributed by atoms with van der Waals surface area (Å²) >= 11 is 0. The summed E-state index contributed by atoms with van der Waals surface area (Å²) < 4.78 is 21.1. The van der Waals surface area contributed by atoms with Gasteiger partial charge in [0.15, 0.2) is 12.2 Å². The molecule has 1 rings (SSSR count). The lowest BCUT2D eigenvalue weighted by molar-refractivity contribution is -0.186. The zero-order chi connectivity index (χ0) is 21.4. The van der Waals surface area contributed by atoms with Gasteiger partial charge in [0.05, 0.1) is 18.9 Å². The molecule has 0 aliphatic heterocycles. The lowest BCUT2D eigenvalue weighted by Gasteiger charge is -2.35. The summed E-state index contributed by atoms with van der Waals surface area (Å²) in [4.78, 5) is 48.3. The van der Waals surface area contributed by atoms with Gasteiger partial charge in [-0.2, -0.15) is 0 Å². The molecule has 1 aliphatic carbocycles. The molecule has 5 atom stereocenters. The van der Waals surface area contributed by atoms with Crippen LogP contribution < -0.4 is 0 Å². The predicted molar refractivity (Wildman–Crippen MR) is 98.9 cm³/mol. The largest absolute Gasteiger partial charge is 0.466 e. The molecular formula is C20H30O8. The summed E-state index contributed by atoms with van der Waals surface area (Å²) in [6.45, 7) is 8.31. The molecule has 8 heteroatoms. The quantitative estimate of drug-likeness (QED) is 0.453. The zero-order valence-electron chi connectivity index (χ0n) is 17.4. The zero-order valence-corrected chi connectivity index (χ0v) is 17.4. The fourth-order valence-electron chi connectivity index (χ4n) is 2.58. The van der Waals surface area contributed by atoms with Gasteiger partial charge in [-0.3, -0.25) is 14.4 Å². The van der Waals surface area contributed by atoms with E-state index in [1.54, 1.807) is 13.8 Å². The van der Waals surface area contributed by atoms with Crippen molar-refractivity contribution in [2.75, 3.05) is 7.11 Å². The van der Waals surface area contributed by atoms with E-state index in [1.165, 1.54) is 20.1 Å². The number of carbonyl (C=O) groups is 4. The number of hydrogen-bond donors (Lipinski definition) is 0. The Labute approximate surface area is 165 Å². The number of esters is 4. The Hall–Kier alpha value is -2.38. The van der Waals surface area contributed by atoms with E-state index in [4.69, 9.17) is 18.9 Å². The van der Waals surface area contributed by atoms with Crippen LogP contribution in [0.4, 0.5) is 0 Å². The van der Waals surface area contributed by atoms with Gasteiger partial charge in [0.25, 0.3) is 0 Å². The van der Waals surface area contributed by atoms with Crippen LogP contribution in [-0.4, -0.2) is 49.3 Å². The van der Waals surface area contributed by atoms with Gasteiger partial charge < -0.3 is 18.9 Å². The van der Waals surface area contributed by atoms with Crippen molar-refractivity contribution < 1.29 is 38.1 Å². The van der Waals surface area contributed by atoms with Gasteiger partial charge in [0, 0.05) is 18.9 Å².